The number of benzene rings is 4. The SMILES string of the molecule is O=C(/C=C/C(=O)[O][Sn]([c]1ccccc1)([c]1ccccc1)[c]1ccccc1)Nc1ccc(Br)cc1. The van der Waals surface area contributed by atoms with Gasteiger partial charge in [0.2, 0.25) is 0 Å². The first-order valence-electron chi connectivity index (χ1n) is 10.7. The number of anilines is 1. The third kappa shape index (κ3) is 5.66. The van der Waals surface area contributed by atoms with E-state index < -0.39 is 30.7 Å². The van der Waals surface area contributed by atoms with Crippen molar-refractivity contribution in [1.29, 1.82) is 0 Å². The second-order valence-corrected chi connectivity index (χ2v) is 17.9. The Morgan fingerprint density at radius 2 is 1.09 bits per heavy atom. The number of hydrogen-bond donors (Lipinski definition) is 1. The van der Waals surface area contributed by atoms with Crippen LogP contribution in [0, 0.1) is 0 Å². The number of carbonyl (C=O) groups is 2. The Balaban J connectivity index is 1.67. The number of halogens is 1. The van der Waals surface area contributed by atoms with Crippen LogP contribution in [0.1, 0.15) is 0 Å². The van der Waals surface area contributed by atoms with E-state index in [-0.39, 0.29) is 0 Å². The molecule has 6 heteroatoms. The zero-order valence-corrected chi connectivity index (χ0v) is 22.7. The molecule has 0 aliphatic rings. The van der Waals surface area contributed by atoms with E-state index in [0.717, 1.165) is 15.2 Å². The molecule has 4 aromatic rings. The Hall–Kier alpha value is -3.16. The molecule has 0 unspecified atom stereocenters. The Morgan fingerprint density at radius 1 is 0.647 bits per heavy atom. The molecule has 4 nitrogen and oxygen atoms in total. The van der Waals surface area contributed by atoms with Crippen LogP contribution in [0.5, 0.6) is 0 Å². The molecule has 0 fully saturated rings. The number of rotatable bonds is 7. The summed E-state index contributed by atoms with van der Waals surface area (Å²) in [5, 5.41) is 2.75. The van der Waals surface area contributed by atoms with E-state index in [1.165, 1.54) is 12.2 Å². The average Bonchev–Trinajstić information content (AvgIpc) is 2.89. The van der Waals surface area contributed by atoms with Gasteiger partial charge in [-0.1, -0.05) is 0 Å². The fraction of sp³-hybridized carbons (Fsp3) is 0. The molecule has 0 radical (unpaired) electrons. The van der Waals surface area contributed by atoms with Gasteiger partial charge in [-0.15, -0.1) is 0 Å². The Morgan fingerprint density at radius 3 is 1.53 bits per heavy atom. The second kappa shape index (κ2) is 11.3. The van der Waals surface area contributed by atoms with Gasteiger partial charge in [-0.3, -0.25) is 0 Å². The van der Waals surface area contributed by atoms with Crippen LogP contribution < -0.4 is 16.1 Å². The third-order valence-electron chi connectivity index (χ3n) is 5.28. The van der Waals surface area contributed by atoms with Crippen LogP contribution in [0.25, 0.3) is 0 Å². The summed E-state index contributed by atoms with van der Waals surface area (Å²) in [6.07, 6.45) is 2.41. The van der Waals surface area contributed by atoms with Crippen LogP contribution in [-0.4, -0.2) is 30.7 Å². The molecule has 0 heterocycles. The average molecular weight is 619 g/mol. The van der Waals surface area contributed by atoms with Crippen molar-refractivity contribution in [1.82, 2.24) is 0 Å². The van der Waals surface area contributed by atoms with Gasteiger partial charge < -0.3 is 0 Å². The predicted octanol–water partition coefficient (Wildman–Crippen LogP) is 4.15. The molecule has 34 heavy (non-hydrogen) atoms. The summed E-state index contributed by atoms with van der Waals surface area (Å²) in [5.74, 6) is -0.947. The van der Waals surface area contributed by atoms with Crippen LogP contribution in [0.4, 0.5) is 5.69 Å². The summed E-state index contributed by atoms with van der Waals surface area (Å²) in [6.45, 7) is 0. The zero-order valence-electron chi connectivity index (χ0n) is 18.2. The first-order valence-corrected chi connectivity index (χ1v) is 17.0. The summed E-state index contributed by atoms with van der Waals surface area (Å²) >= 11 is -0.831. The Kier molecular flexibility index (Phi) is 7.98. The molecular formula is C28H22BrNO3Sn. The van der Waals surface area contributed by atoms with Crippen LogP contribution in [0.3, 0.4) is 0 Å². The van der Waals surface area contributed by atoms with Crippen LogP contribution >= 0.6 is 15.9 Å². The van der Waals surface area contributed by atoms with E-state index in [2.05, 4.69) is 21.2 Å². The fourth-order valence-electron chi connectivity index (χ4n) is 3.74. The molecule has 0 aromatic heterocycles. The van der Waals surface area contributed by atoms with E-state index in [1.54, 1.807) is 12.1 Å². The van der Waals surface area contributed by atoms with Crippen LogP contribution in [0.2, 0.25) is 0 Å². The normalized spacial score (nSPS) is 11.2. The number of hydrogen-bond acceptors (Lipinski definition) is 3. The topological polar surface area (TPSA) is 55.4 Å². The van der Waals surface area contributed by atoms with E-state index in [1.807, 2.05) is 103 Å². The van der Waals surface area contributed by atoms with Gasteiger partial charge in [0.05, 0.1) is 0 Å². The van der Waals surface area contributed by atoms with E-state index in [4.69, 9.17) is 3.07 Å². The Bertz CT molecular complexity index is 1180. The van der Waals surface area contributed by atoms with E-state index >= 15 is 0 Å². The van der Waals surface area contributed by atoms with Crippen molar-refractivity contribution >= 4 is 63.0 Å². The number of nitrogens with one attached hydrogen (secondary N) is 1. The van der Waals surface area contributed by atoms with E-state index in [9.17, 15) is 9.59 Å². The first-order chi connectivity index (χ1) is 16.6. The number of carbonyl (C=O) groups excluding carboxylic acids is 2. The summed E-state index contributed by atoms with van der Waals surface area (Å²) in [6, 6.07) is 36.9. The van der Waals surface area contributed by atoms with Crippen molar-refractivity contribution in [2.75, 3.05) is 5.32 Å². The minimum absolute atomic E-state index is 0.404. The molecule has 0 aliphatic carbocycles. The first kappa shape index (κ1) is 24.0. The van der Waals surface area contributed by atoms with Gasteiger partial charge >= 0.3 is 213 Å². The van der Waals surface area contributed by atoms with Crippen LogP contribution in [0.15, 0.2) is 132 Å². The van der Waals surface area contributed by atoms with Gasteiger partial charge in [-0.05, 0) is 0 Å². The maximum absolute atomic E-state index is 13.1. The standard InChI is InChI=1S/C10H8BrNO3.3C6H5.Sn/c11-7-1-3-8(4-2-7)12-9(13)5-6-10(14)15;3*1-2-4-6-5-3-1;/h1-6H,(H,12,13)(H,14,15);3*1-5H;/q;;;;+1/p-1/b6-5+;;;;. The summed E-state index contributed by atoms with van der Waals surface area (Å²) in [4.78, 5) is 25.5. The Labute approximate surface area is 211 Å². The van der Waals surface area contributed by atoms with Crippen molar-refractivity contribution < 1.29 is 12.7 Å². The maximum atomic E-state index is 13.1. The van der Waals surface area contributed by atoms with E-state index in [0.29, 0.717) is 5.69 Å². The fourth-order valence-corrected chi connectivity index (χ4v) is 14.6. The molecule has 0 saturated carbocycles. The summed E-state index contributed by atoms with van der Waals surface area (Å²) < 4.78 is 10.4. The van der Waals surface area contributed by atoms with Gasteiger partial charge in [-0.25, -0.2) is 0 Å². The second-order valence-electron chi connectivity index (χ2n) is 7.53. The van der Waals surface area contributed by atoms with Crippen molar-refractivity contribution in [2.24, 2.45) is 0 Å². The molecule has 0 spiro atoms. The minimum atomic E-state index is -4.20. The molecular weight excluding hydrogens is 597 g/mol. The van der Waals surface area contributed by atoms with Gasteiger partial charge in [0, 0.05) is 0 Å². The summed E-state index contributed by atoms with van der Waals surface area (Å²) in [5.41, 5.74) is 0.637. The van der Waals surface area contributed by atoms with Crippen molar-refractivity contribution in [3.63, 3.8) is 0 Å². The molecule has 168 valence electrons. The molecule has 4 aromatic carbocycles. The molecule has 4 rings (SSSR count). The summed E-state index contributed by atoms with van der Waals surface area (Å²) in [7, 11) is 0. The number of amides is 1. The monoisotopic (exact) mass is 619 g/mol. The molecule has 0 aliphatic heterocycles. The molecule has 1 N–H and O–H groups in total. The quantitative estimate of drug-likeness (QED) is 0.250. The molecule has 0 bridgehead atoms. The molecule has 1 amide bonds. The van der Waals surface area contributed by atoms with Gasteiger partial charge in [0.15, 0.2) is 0 Å². The van der Waals surface area contributed by atoms with Gasteiger partial charge in [0.1, 0.15) is 0 Å². The van der Waals surface area contributed by atoms with Gasteiger partial charge in [0.25, 0.3) is 0 Å². The van der Waals surface area contributed by atoms with Crippen molar-refractivity contribution in [3.8, 4) is 0 Å². The van der Waals surface area contributed by atoms with Crippen molar-refractivity contribution in [2.45, 2.75) is 0 Å². The third-order valence-corrected chi connectivity index (χ3v) is 17.1. The predicted molar refractivity (Wildman–Crippen MR) is 142 cm³/mol. The van der Waals surface area contributed by atoms with Crippen LogP contribution in [-0.2, 0) is 12.7 Å². The zero-order chi connectivity index (χ0) is 23.8. The molecule has 0 saturated heterocycles. The van der Waals surface area contributed by atoms with Crippen molar-refractivity contribution in [3.05, 3.63) is 132 Å². The van der Waals surface area contributed by atoms with Gasteiger partial charge in [-0.2, -0.15) is 0 Å². The molecule has 0 atom stereocenters.